The largest absolute Gasteiger partial charge is 0.462 e. The summed E-state index contributed by atoms with van der Waals surface area (Å²) >= 11 is 0. The van der Waals surface area contributed by atoms with Gasteiger partial charge < -0.3 is 14.7 Å². The van der Waals surface area contributed by atoms with Gasteiger partial charge in [0, 0.05) is 25.7 Å². The molecule has 6 nitrogen and oxygen atoms in total. The lowest BCUT2D eigenvalue weighted by Crippen LogP contribution is -2.68. The van der Waals surface area contributed by atoms with E-state index >= 15 is 0 Å². The predicted molar refractivity (Wildman–Crippen MR) is 144 cm³/mol. The SMILES string of the molecule is CC(=O)O[C@H]1CC[C@]2(C)[C@@H]3CC[C@]4(C)[C@@H]([C@H](C)CCCC(C)C)CC[C@H]4[C@H]3C/C(=N\O)[C@@]2(OC(C)=O)C1. The fourth-order valence-corrected chi connectivity index (χ4v) is 9.95. The van der Waals surface area contributed by atoms with Crippen molar-refractivity contribution in [3.63, 3.8) is 0 Å². The van der Waals surface area contributed by atoms with Gasteiger partial charge in [-0.15, -0.1) is 0 Å². The second kappa shape index (κ2) is 10.5. The molecule has 0 bridgehead atoms. The van der Waals surface area contributed by atoms with Gasteiger partial charge in [-0.2, -0.15) is 0 Å². The Hall–Kier alpha value is -1.59. The molecule has 4 saturated carbocycles. The molecule has 9 atom stereocenters. The highest BCUT2D eigenvalue weighted by Gasteiger charge is 2.69. The number of hydrogen-bond acceptors (Lipinski definition) is 6. The third-order valence-corrected chi connectivity index (χ3v) is 11.5. The van der Waals surface area contributed by atoms with Crippen LogP contribution >= 0.6 is 0 Å². The first-order valence-electron chi connectivity index (χ1n) is 15.0. The van der Waals surface area contributed by atoms with E-state index in [0.29, 0.717) is 41.7 Å². The molecular formula is C31H51NO5. The van der Waals surface area contributed by atoms with Gasteiger partial charge in [-0.05, 0) is 85.9 Å². The number of esters is 2. The molecule has 0 heterocycles. The van der Waals surface area contributed by atoms with Crippen LogP contribution in [0.4, 0.5) is 0 Å². The zero-order valence-electron chi connectivity index (χ0n) is 24.3. The molecule has 4 aliphatic carbocycles. The fraction of sp³-hybridized carbons (Fsp3) is 0.903. The Labute approximate surface area is 224 Å². The van der Waals surface area contributed by atoms with Crippen LogP contribution in [0.1, 0.15) is 119 Å². The third-order valence-electron chi connectivity index (χ3n) is 11.5. The maximum absolute atomic E-state index is 12.5. The number of hydrogen-bond donors (Lipinski definition) is 1. The lowest BCUT2D eigenvalue weighted by molar-refractivity contribution is -0.204. The van der Waals surface area contributed by atoms with Crippen LogP contribution in [0.15, 0.2) is 5.16 Å². The maximum atomic E-state index is 12.5. The van der Waals surface area contributed by atoms with Gasteiger partial charge in [0.2, 0.25) is 0 Å². The van der Waals surface area contributed by atoms with Crippen LogP contribution in [0, 0.1) is 46.3 Å². The number of rotatable bonds is 7. The van der Waals surface area contributed by atoms with Crippen LogP contribution in [0.2, 0.25) is 0 Å². The van der Waals surface area contributed by atoms with Gasteiger partial charge in [-0.25, -0.2) is 0 Å². The van der Waals surface area contributed by atoms with E-state index in [-0.39, 0.29) is 23.5 Å². The van der Waals surface area contributed by atoms with E-state index in [1.165, 1.54) is 52.4 Å². The van der Waals surface area contributed by atoms with Crippen molar-refractivity contribution >= 4 is 17.7 Å². The Morgan fingerprint density at radius 2 is 1.73 bits per heavy atom. The van der Waals surface area contributed by atoms with E-state index < -0.39 is 5.60 Å². The van der Waals surface area contributed by atoms with Crippen molar-refractivity contribution in [1.29, 1.82) is 0 Å². The molecular weight excluding hydrogens is 466 g/mol. The van der Waals surface area contributed by atoms with E-state index in [0.717, 1.165) is 37.0 Å². The summed E-state index contributed by atoms with van der Waals surface area (Å²) in [5.74, 6) is 2.96. The average Bonchev–Trinajstić information content (AvgIpc) is 3.15. The summed E-state index contributed by atoms with van der Waals surface area (Å²) in [6.07, 6.45) is 11.0. The zero-order valence-corrected chi connectivity index (χ0v) is 24.3. The Bertz CT molecular complexity index is 900. The molecule has 4 aliphatic rings. The minimum absolute atomic E-state index is 0.311. The topological polar surface area (TPSA) is 85.2 Å². The molecule has 6 heteroatoms. The summed E-state index contributed by atoms with van der Waals surface area (Å²) in [6.45, 7) is 14.8. The third kappa shape index (κ3) is 4.84. The van der Waals surface area contributed by atoms with Gasteiger partial charge in [-0.3, -0.25) is 9.59 Å². The molecule has 0 aromatic heterocycles. The first-order valence-corrected chi connectivity index (χ1v) is 15.0. The van der Waals surface area contributed by atoms with Crippen molar-refractivity contribution in [3.05, 3.63) is 0 Å². The number of carbonyl (C=O) groups is 2. The summed E-state index contributed by atoms with van der Waals surface area (Å²) in [6, 6.07) is 0. The van der Waals surface area contributed by atoms with E-state index in [1.54, 1.807) is 0 Å². The van der Waals surface area contributed by atoms with Crippen molar-refractivity contribution in [2.24, 2.45) is 51.5 Å². The molecule has 0 spiro atoms. The van der Waals surface area contributed by atoms with E-state index in [1.807, 2.05) is 0 Å². The minimum Gasteiger partial charge on any atom is -0.462 e. The molecule has 0 radical (unpaired) electrons. The summed E-state index contributed by atoms with van der Waals surface area (Å²) in [4.78, 5) is 24.3. The molecule has 0 aromatic carbocycles. The highest BCUT2D eigenvalue weighted by Crippen LogP contribution is 2.69. The molecule has 210 valence electrons. The molecule has 0 amide bonds. The van der Waals surface area contributed by atoms with Crippen molar-refractivity contribution in [3.8, 4) is 0 Å². The van der Waals surface area contributed by atoms with E-state index in [4.69, 9.17) is 9.47 Å². The Balaban J connectivity index is 1.63. The fourth-order valence-electron chi connectivity index (χ4n) is 9.95. The van der Waals surface area contributed by atoms with Crippen LogP contribution in [-0.4, -0.2) is 34.6 Å². The van der Waals surface area contributed by atoms with Gasteiger partial charge >= 0.3 is 11.9 Å². The number of ether oxygens (including phenoxy) is 2. The predicted octanol–water partition coefficient (Wildman–Crippen LogP) is 7.17. The highest BCUT2D eigenvalue weighted by atomic mass is 16.6. The molecule has 1 N–H and O–H groups in total. The Morgan fingerprint density at radius 3 is 2.35 bits per heavy atom. The summed E-state index contributed by atoms with van der Waals surface area (Å²) in [5.41, 5.74) is -0.474. The molecule has 4 fully saturated rings. The molecule has 0 unspecified atom stereocenters. The summed E-state index contributed by atoms with van der Waals surface area (Å²) in [5, 5.41) is 14.2. The number of oxime groups is 1. The second-order valence-corrected chi connectivity index (χ2v) is 14.0. The summed E-state index contributed by atoms with van der Waals surface area (Å²) in [7, 11) is 0. The molecule has 0 saturated heterocycles. The number of nitrogens with zero attached hydrogens (tertiary/aromatic N) is 1. The number of carbonyl (C=O) groups excluding carboxylic acids is 2. The van der Waals surface area contributed by atoms with Crippen molar-refractivity contribution in [1.82, 2.24) is 0 Å². The van der Waals surface area contributed by atoms with Crippen molar-refractivity contribution in [2.75, 3.05) is 0 Å². The second-order valence-electron chi connectivity index (χ2n) is 14.0. The highest BCUT2D eigenvalue weighted by molar-refractivity contribution is 5.96. The smallest absolute Gasteiger partial charge is 0.303 e. The summed E-state index contributed by atoms with van der Waals surface area (Å²) < 4.78 is 11.8. The van der Waals surface area contributed by atoms with Gasteiger partial charge in [0.15, 0.2) is 5.60 Å². The van der Waals surface area contributed by atoms with Crippen LogP contribution in [0.5, 0.6) is 0 Å². The van der Waals surface area contributed by atoms with E-state index in [9.17, 15) is 14.8 Å². The van der Waals surface area contributed by atoms with Gasteiger partial charge in [0.05, 0.1) is 0 Å². The van der Waals surface area contributed by atoms with Crippen LogP contribution < -0.4 is 0 Å². The van der Waals surface area contributed by atoms with Crippen LogP contribution in [0.25, 0.3) is 0 Å². The standard InChI is InChI=1S/C31H51NO5/c1-19(2)9-8-10-20(3)25-11-12-26-24-17-28(32-35)31(37-22(5)34)18-23(36-21(4)33)13-16-30(31,7)27(24)14-15-29(25,26)6/h19-20,23-27,35H,8-18H2,1-7H3/b32-28+/t20-,23+,24-,25-,26+,27-,29-,30-,31+/m1/s1. The normalized spacial score (nSPS) is 43.0. The molecule has 0 aliphatic heterocycles. The maximum Gasteiger partial charge on any atom is 0.303 e. The first-order chi connectivity index (χ1) is 17.4. The minimum atomic E-state index is -1.02. The lowest BCUT2D eigenvalue weighted by Gasteiger charge is -2.64. The van der Waals surface area contributed by atoms with Crippen LogP contribution in [-0.2, 0) is 19.1 Å². The zero-order chi connectivity index (χ0) is 27.2. The molecule has 0 aromatic rings. The number of fused-ring (bicyclic) bond motifs is 5. The molecule has 4 rings (SSSR count). The lowest BCUT2D eigenvalue weighted by atomic mass is 9.42. The Kier molecular flexibility index (Phi) is 8.08. The van der Waals surface area contributed by atoms with Gasteiger partial charge in [-0.1, -0.05) is 59.0 Å². The quantitative estimate of drug-likeness (QED) is 0.220. The monoisotopic (exact) mass is 517 g/mol. The van der Waals surface area contributed by atoms with Crippen LogP contribution in [0.3, 0.4) is 0 Å². The average molecular weight is 518 g/mol. The van der Waals surface area contributed by atoms with Crippen molar-refractivity contribution < 1.29 is 24.3 Å². The van der Waals surface area contributed by atoms with E-state index in [2.05, 4.69) is 39.8 Å². The van der Waals surface area contributed by atoms with Gasteiger partial charge in [0.1, 0.15) is 11.8 Å². The first kappa shape index (κ1) is 28.4. The Morgan fingerprint density at radius 1 is 1.00 bits per heavy atom. The van der Waals surface area contributed by atoms with Crippen molar-refractivity contribution in [2.45, 2.75) is 131 Å². The molecule has 37 heavy (non-hydrogen) atoms. The van der Waals surface area contributed by atoms with Gasteiger partial charge in [0.25, 0.3) is 0 Å².